The standard InChI is InChI=1S/C23H31F2N3O3/c1-4-30-22(29)20-15(3)28(21-19(20)6-5-11-26-21)14(2)16-7-9-17(10-8-16)27-12-18(13-27)31-23(24)25/h5-6,11,14,16-18,23H,4,7-10,12-13H2,1-3H3/t14-,16-,17-/m1/s1. The molecule has 0 aromatic carbocycles. The van der Waals surface area contributed by atoms with Crippen LogP contribution in [-0.4, -0.2) is 58.9 Å². The van der Waals surface area contributed by atoms with Crippen LogP contribution in [0, 0.1) is 12.8 Å². The van der Waals surface area contributed by atoms with E-state index in [9.17, 15) is 13.6 Å². The van der Waals surface area contributed by atoms with E-state index in [1.54, 1.807) is 6.20 Å². The van der Waals surface area contributed by atoms with Crippen LogP contribution >= 0.6 is 0 Å². The first-order valence-electron chi connectivity index (χ1n) is 11.2. The van der Waals surface area contributed by atoms with Gasteiger partial charge in [-0.1, -0.05) is 0 Å². The third-order valence-electron chi connectivity index (χ3n) is 7.01. The molecule has 6 nitrogen and oxygen atoms in total. The summed E-state index contributed by atoms with van der Waals surface area (Å²) in [5.74, 6) is 0.169. The number of hydrogen-bond donors (Lipinski definition) is 0. The fraction of sp³-hybridized carbons (Fsp3) is 0.652. The number of carbonyl (C=O) groups excluding carboxylic acids is 1. The summed E-state index contributed by atoms with van der Waals surface area (Å²) in [7, 11) is 0. The lowest BCUT2D eigenvalue weighted by Crippen LogP contribution is -2.57. The minimum absolute atomic E-state index is 0.202. The van der Waals surface area contributed by atoms with E-state index in [0.29, 0.717) is 37.2 Å². The number of aromatic nitrogens is 2. The lowest BCUT2D eigenvalue weighted by atomic mass is 9.80. The van der Waals surface area contributed by atoms with Gasteiger partial charge in [-0.25, -0.2) is 9.78 Å². The molecule has 0 spiro atoms. The molecule has 1 atom stereocenters. The van der Waals surface area contributed by atoms with Gasteiger partial charge < -0.3 is 14.0 Å². The lowest BCUT2D eigenvalue weighted by molar-refractivity contribution is -0.202. The highest BCUT2D eigenvalue weighted by Crippen LogP contribution is 2.39. The normalized spacial score (nSPS) is 23.8. The fourth-order valence-electron chi connectivity index (χ4n) is 5.38. The van der Waals surface area contributed by atoms with Crippen molar-refractivity contribution in [1.82, 2.24) is 14.5 Å². The largest absolute Gasteiger partial charge is 0.462 e. The van der Waals surface area contributed by atoms with E-state index in [2.05, 4.69) is 26.1 Å². The maximum absolute atomic E-state index is 12.6. The van der Waals surface area contributed by atoms with E-state index >= 15 is 0 Å². The topological polar surface area (TPSA) is 56.6 Å². The van der Waals surface area contributed by atoms with Crippen LogP contribution in [0.15, 0.2) is 18.3 Å². The second kappa shape index (κ2) is 9.20. The van der Waals surface area contributed by atoms with Crippen LogP contribution in [0.2, 0.25) is 0 Å². The molecule has 2 aromatic rings. The first-order valence-corrected chi connectivity index (χ1v) is 11.2. The van der Waals surface area contributed by atoms with Crippen LogP contribution in [0.4, 0.5) is 8.78 Å². The van der Waals surface area contributed by atoms with Crippen molar-refractivity contribution in [2.45, 2.75) is 71.3 Å². The quantitative estimate of drug-likeness (QED) is 0.597. The van der Waals surface area contributed by atoms with Gasteiger partial charge in [0.1, 0.15) is 5.65 Å². The van der Waals surface area contributed by atoms with Gasteiger partial charge in [-0.05, 0) is 64.5 Å². The van der Waals surface area contributed by atoms with Crippen molar-refractivity contribution in [2.75, 3.05) is 19.7 Å². The predicted molar refractivity (Wildman–Crippen MR) is 113 cm³/mol. The zero-order chi connectivity index (χ0) is 22.1. The van der Waals surface area contributed by atoms with Gasteiger partial charge in [-0.2, -0.15) is 8.78 Å². The summed E-state index contributed by atoms with van der Waals surface area (Å²) in [6, 6.07) is 4.43. The number of esters is 1. The molecular formula is C23H31F2N3O3. The number of likely N-dealkylation sites (tertiary alicyclic amines) is 1. The van der Waals surface area contributed by atoms with Gasteiger partial charge in [-0.3, -0.25) is 4.90 Å². The van der Waals surface area contributed by atoms with Gasteiger partial charge in [0.2, 0.25) is 0 Å². The summed E-state index contributed by atoms with van der Waals surface area (Å²) in [5.41, 5.74) is 2.33. The molecule has 1 aliphatic carbocycles. The average molecular weight is 436 g/mol. The highest BCUT2D eigenvalue weighted by atomic mass is 19.3. The maximum atomic E-state index is 12.6. The number of rotatable bonds is 7. The zero-order valence-corrected chi connectivity index (χ0v) is 18.4. The van der Waals surface area contributed by atoms with Gasteiger partial charge in [0.25, 0.3) is 0 Å². The molecule has 8 heteroatoms. The average Bonchev–Trinajstić information content (AvgIpc) is 3.02. The van der Waals surface area contributed by atoms with E-state index in [4.69, 9.17) is 4.74 Å². The van der Waals surface area contributed by atoms with Gasteiger partial charge >= 0.3 is 12.6 Å². The Morgan fingerprint density at radius 3 is 2.61 bits per heavy atom. The lowest BCUT2D eigenvalue weighted by Gasteiger charge is -2.46. The molecule has 2 aromatic heterocycles. The minimum Gasteiger partial charge on any atom is -0.462 e. The first kappa shape index (κ1) is 22.1. The summed E-state index contributed by atoms with van der Waals surface area (Å²) in [6.07, 6.45) is 5.64. The van der Waals surface area contributed by atoms with E-state index < -0.39 is 6.61 Å². The van der Waals surface area contributed by atoms with E-state index in [1.807, 2.05) is 26.0 Å². The minimum atomic E-state index is -2.68. The molecule has 0 N–H and O–H groups in total. The number of pyridine rings is 1. The van der Waals surface area contributed by atoms with Gasteiger partial charge in [0.15, 0.2) is 0 Å². The number of halogens is 2. The van der Waals surface area contributed by atoms with Gasteiger partial charge in [0.05, 0.1) is 18.3 Å². The molecular weight excluding hydrogens is 404 g/mol. The van der Waals surface area contributed by atoms with Crippen LogP contribution < -0.4 is 0 Å². The molecule has 0 amide bonds. The molecule has 0 bridgehead atoms. The van der Waals surface area contributed by atoms with Crippen molar-refractivity contribution in [3.05, 3.63) is 29.6 Å². The number of ether oxygens (including phenoxy) is 2. The number of carbonyl (C=O) groups is 1. The van der Waals surface area contributed by atoms with E-state index in [0.717, 1.165) is 42.4 Å². The van der Waals surface area contributed by atoms with Crippen LogP contribution in [0.5, 0.6) is 0 Å². The summed E-state index contributed by atoms with van der Waals surface area (Å²) < 4.78 is 36.8. The van der Waals surface area contributed by atoms with Crippen molar-refractivity contribution >= 4 is 17.0 Å². The highest BCUT2D eigenvalue weighted by molar-refractivity contribution is 6.05. The number of alkyl halides is 2. The summed E-state index contributed by atoms with van der Waals surface area (Å²) >= 11 is 0. The molecule has 31 heavy (non-hydrogen) atoms. The number of nitrogens with zero attached hydrogens (tertiary/aromatic N) is 3. The molecule has 1 aliphatic heterocycles. The van der Waals surface area contributed by atoms with Crippen LogP contribution in [-0.2, 0) is 9.47 Å². The Hall–Kier alpha value is -2.06. The predicted octanol–water partition coefficient (Wildman–Crippen LogP) is 4.56. The monoisotopic (exact) mass is 435 g/mol. The van der Waals surface area contributed by atoms with Gasteiger partial charge in [-0.15, -0.1) is 0 Å². The van der Waals surface area contributed by atoms with Crippen LogP contribution in [0.1, 0.15) is 61.6 Å². The highest BCUT2D eigenvalue weighted by Gasteiger charge is 2.38. The van der Waals surface area contributed by atoms with Crippen molar-refractivity contribution in [2.24, 2.45) is 5.92 Å². The summed E-state index contributed by atoms with van der Waals surface area (Å²) in [6.45, 7) is 4.84. The van der Waals surface area contributed by atoms with Crippen molar-refractivity contribution in [3.63, 3.8) is 0 Å². The molecule has 2 fully saturated rings. The second-order valence-electron chi connectivity index (χ2n) is 8.71. The Bertz CT molecular complexity index is 918. The zero-order valence-electron chi connectivity index (χ0n) is 18.4. The molecule has 0 unspecified atom stereocenters. The smallest absolute Gasteiger partial charge is 0.345 e. The first-order chi connectivity index (χ1) is 14.9. The van der Waals surface area contributed by atoms with E-state index in [-0.39, 0.29) is 18.1 Å². The molecule has 0 radical (unpaired) electrons. The summed E-state index contributed by atoms with van der Waals surface area (Å²) in [4.78, 5) is 19.5. The summed E-state index contributed by atoms with van der Waals surface area (Å²) in [5, 5.41) is 0.838. The van der Waals surface area contributed by atoms with Crippen LogP contribution in [0.25, 0.3) is 11.0 Å². The molecule has 1 saturated carbocycles. The third kappa shape index (κ3) is 4.32. The Kier molecular flexibility index (Phi) is 6.57. The Balaban J connectivity index is 1.45. The molecule has 2 aliphatic rings. The Morgan fingerprint density at radius 1 is 1.26 bits per heavy atom. The second-order valence-corrected chi connectivity index (χ2v) is 8.71. The van der Waals surface area contributed by atoms with Crippen molar-refractivity contribution in [3.8, 4) is 0 Å². The molecule has 4 rings (SSSR count). The van der Waals surface area contributed by atoms with E-state index in [1.165, 1.54) is 0 Å². The van der Waals surface area contributed by atoms with Crippen LogP contribution in [0.3, 0.4) is 0 Å². The fourth-order valence-corrected chi connectivity index (χ4v) is 5.38. The Morgan fingerprint density at radius 2 is 1.97 bits per heavy atom. The molecule has 1 saturated heterocycles. The molecule has 3 heterocycles. The molecule has 170 valence electrons. The van der Waals surface area contributed by atoms with Crippen molar-refractivity contribution in [1.29, 1.82) is 0 Å². The Labute approximate surface area is 181 Å². The number of fused-ring (bicyclic) bond motifs is 1. The maximum Gasteiger partial charge on any atom is 0.345 e. The SMILES string of the molecule is CCOC(=O)c1c(C)n([C@H](C)[C@H]2CC[C@H](N3CC(OC(F)F)C3)CC2)c2ncccc12. The van der Waals surface area contributed by atoms with Gasteiger partial charge in [0, 0.05) is 42.5 Å². The third-order valence-corrected chi connectivity index (χ3v) is 7.01. The van der Waals surface area contributed by atoms with Crippen molar-refractivity contribution < 1.29 is 23.0 Å². The number of hydrogen-bond acceptors (Lipinski definition) is 5.